The Morgan fingerprint density at radius 3 is 1.90 bits per heavy atom. The molecule has 0 aliphatic heterocycles. The minimum absolute atomic E-state index is 0.0429. The SMILES string of the molecule is Bc1c(B)c(O)c(-c2c(B)c(B)c(-n3c4ccccc4c4c5c(ccc43)[nH]c3ccccc35)c(O)c2B)c(O)c1O. The summed E-state index contributed by atoms with van der Waals surface area (Å²) in [7, 11) is 8.97. The van der Waals surface area contributed by atoms with Crippen LogP contribution in [0.1, 0.15) is 0 Å². The summed E-state index contributed by atoms with van der Waals surface area (Å²) in [6, 6.07) is 20.7. The quantitative estimate of drug-likeness (QED) is 0.103. The van der Waals surface area contributed by atoms with Crippen molar-refractivity contribution in [1.82, 2.24) is 9.55 Å². The maximum absolute atomic E-state index is 11.9. The number of hydrogen-bond acceptors (Lipinski definition) is 4. The van der Waals surface area contributed by atoms with E-state index < -0.39 is 5.75 Å². The van der Waals surface area contributed by atoms with Crippen molar-refractivity contribution in [3.8, 4) is 39.8 Å². The van der Waals surface area contributed by atoms with E-state index in [9.17, 15) is 20.4 Å². The lowest BCUT2D eigenvalue weighted by atomic mass is 9.68. The fourth-order valence-corrected chi connectivity index (χ4v) is 6.60. The molecule has 0 saturated heterocycles. The normalized spacial score (nSPS) is 11.8. The summed E-state index contributed by atoms with van der Waals surface area (Å²) in [4.78, 5) is 3.55. The first-order valence-corrected chi connectivity index (χ1v) is 13.6. The van der Waals surface area contributed by atoms with Crippen molar-refractivity contribution < 1.29 is 20.4 Å². The van der Waals surface area contributed by atoms with Crippen molar-refractivity contribution in [1.29, 1.82) is 0 Å². The van der Waals surface area contributed by atoms with Crippen molar-refractivity contribution in [3.05, 3.63) is 60.7 Å². The fourth-order valence-electron chi connectivity index (χ4n) is 6.60. The Labute approximate surface area is 240 Å². The van der Waals surface area contributed by atoms with Gasteiger partial charge in [0.05, 0.1) is 22.3 Å². The molecule has 11 heteroatoms. The number of nitrogens with one attached hydrogen (secondary N) is 1. The van der Waals surface area contributed by atoms with Crippen LogP contribution in [0.3, 0.4) is 0 Å². The number of H-pyrrole nitrogens is 1. The number of aromatic nitrogens is 2. The van der Waals surface area contributed by atoms with Crippen LogP contribution >= 0.6 is 0 Å². The lowest BCUT2D eigenvalue weighted by Gasteiger charge is -2.24. The third-order valence-electron chi connectivity index (χ3n) is 9.00. The summed E-state index contributed by atoms with van der Waals surface area (Å²) < 4.78 is 2.11. The maximum atomic E-state index is 11.9. The standard InChI is InChI=1S/C30H25B5N2O4/c31-21-19(20-27(38)24(34)25(35)30(41)28(20)39)22(32)29(40)26(23(21)33)37-15-8-4-2-6-12(15)18-16(37)10-9-14-17(18)11-5-1-3-7-13(11)36-14/h1-10,36,38-41H,31-35H2. The highest BCUT2D eigenvalue weighted by Gasteiger charge is 2.27. The molecule has 0 fully saturated rings. The van der Waals surface area contributed by atoms with Crippen molar-refractivity contribution >= 4 is 110 Å². The summed E-state index contributed by atoms with van der Waals surface area (Å²) in [5.41, 5.74) is 8.24. The van der Waals surface area contributed by atoms with Gasteiger partial charge >= 0.3 is 0 Å². The largest absolute Gasteiger partial charge is 0.508 e. The zero-order valence-corrected chi connectivity index (χ0v) is 23.5. The van der Waals surface area contributed by atoms with Crippen molar-refractivity contribution in [2.45, 2.75) is 0 Å². The van der Waals surface area contributed by atoms with Gasteiger partial charge in [-0.2, -0.15) is 0 Å². The van der Waals surface area contributed by atoms with Crippen LogP contribution < -0.4 is 27.3 Å². The van der Waals surface area contributed by atoms with E-state index in [1.165, 1.54) is 0 Å². The lowest BCUT2D eigenvalue weighted by Crippen LogP contribution is -2.37. The number of phenolic OH excluding ortho intramolecular Hbond substituents is 4. The van der Waals surface area contributed by atoms with Crippen LogP contribution in [0.25, 0.3) is 60.4 Å². The molecule has 7 aromatic rings. The van der Waals surface area contributed by atoms with Gasteiger partial charge < -0.3 is 30.0 Å². The molecule has 0 saturated carbocycles. The van der Waals surface area contributed by atoms with Crippen molar-refractivity contribution in [2.24, 2.45) is 0 Å². The van der Waals surface area contributed by atoms with E-state index in [0.717, 1.165) is 54.5 Å². The number of para-hydroxylation sites is 2. The first-order valence-electron chi connectivity index (χ1n) is 13.6. The highest BCUT2D eigenvalue weighted by atomic mass is 16.3. The van der Waals surface area contributed by atoms with E-state index in [4.69, 9.17) is 0 Å². The molecule has 2 aromatic heterocycles. The van der Waals surface area contributed by atoms with Gasteiger partial charge in [0.2, 0.25) is 0 Å². The molecule has 41 heavy (non-hydrogen) atoms. The Bertz CT molecular complexity index is 2210. The fraction of sp³-hybridized carbons (Fsp3) is 0. The van der Waals surface area contributed by atoms with Gasteiger partial charge in [-0.3, -0.25) is 0 Å². The van der Waals surface area contributed by atoms with Gasteiger partial charge in [-0.1, -0.05) is 47.3 Å². The first kappa shape index (κ1) is 25.2. The number of fused-ring (bicyclic) bond motifs is 7. The molecule has 0 amide bonds. The summed E-state index contributed by atoms with van der Waals surface area (Å²) in [6.45, 7) is 0. The number of nitrogens with zero attached hydrogens (tertiary/aromatic N) is 1. The van der Waals surface area contributed by atoms with Crippen LogP contribution in [0.15, 0.2) is 60.7 Å². The van der Waals surface area contributed by atoms with Gasteiger partial charge in [-0.25, -0.2) is 0 Å². The second kappa shape index (κ2) is 8.61. The second-order valence-corrected chi connectivity index (χ2v) is 11.0. The predicted octanol–water partition coefficient (Wildman–Crippen LogP) is -1.80. The molecule has 0 unspecified atom stereocenters. The van der Waals surface area contributed by atoms with Crippen LogP contribution in [-0.4, -0.2) is 69.2 Å². The molecule has 0 atom stereocenters. The predicted molar refractivity (Wildman–Crippen MR) is 183 cm³/mol. The number of phenols is 4. The zero-order chi connectivity index (χ0) is 28.9. The highest BCUT2D eigenvalue weighted by molar-refractivity contribution is 6.57. The molecule has 5 N–H and O–H groups in total. The van der Waals surface area contributed by atoms with Crippen molar-refractivity contribution in [3.63, 3.8) is 0 Å². The zero-order valence-electron chi connectivity index (χ0n) is 23.5. The van der Waals surface area contributed by atoms with E-state index in [0.29, 0.717) is 27.6 Å². The van der Waals surface area contributed by atoms with Crippen LogP contribution in [0, 0.1) is 0 Å². The average Bonchev–Trinajstić information content (AvgIpc) is 3.52. The maximum Gasteiger partial charge on any atom is 0.168 e. The molecule has 6 nitrogen and oxygen atoms in total. The van der Waals surface area contributed by atoms with E-state index in [2.05, 4.69) is 45.9 Å². The van der Waals surface area contributed by atoms with E-state index >= 15 is 0 Å². The van der Waals surface area contributed by atoms with Crippen LogP contribution in [0.5, 0.6) is 23.0 Å². The number of aromatic hydroxyl groups is 4. The molecule has 0 aliphatic carbocycles. The Hall–Kier alpha value is -4.78. The second-order valence-electron chi connectivity index (χ2n) is 11.0. The number of rotatable bonds is 2. The van der Waals surface area contributed by atoms with Gasteiger partial charge in [0, 0.05) is 32.6 Å². The third kappa shape index (κ3) is 3.20. The molecule has 0 radical (unpaired) electrons. The molecule has 0 aliphatic rings. The van der Waals surface area contributed by atoms with Crippen LogP contribution in [0.4, 0.5) is 0 Å². The van der Waals surface area contributed by atoms with E-state index in [1.807, 2.05) is 40.0 Å². The molecular weight excluding hydrogens is 506 g/mol. The third-order valence-corrected chi connectivity index (χ3v) is 9.00. The topological polar surface area (TPSA) is 102 Å². The van der Waals surface area contributed by atoms with Crippen molar-refractivity contribution in [2.75, 3.05) is 0 Å². The summed E-state index contributed by atoms with van der Waals surface area (Å²) >= 11 is 0. The Balaban J connectivity index is 1.63. The Morgan fingerprint density at radius 2 is 1.15 bits per heavy atom. The molecule has 7 rings (SSSR count). The minimum atomic E-state index is -0.401. The summed E-state index contributed by atoms with van der Waals surface area (Å²) in [6.07, 6.45) is 0. The molecule has 2 heterocycles. The highest BCUT2D eigenvalue weighted by Crippen LogP contribution is 2.42. The molecule has 194 valence electrons. The molecule has 0 spiro atoms. The number of benzene rings is 5. The summed E-state index contributed by atoms with van der Waals surface area (Å²) in [5, 5.41) is 49.1. The lowest BCUT2D eigenvalue weighted by molar-refractivity contribution is 0.403. The van der Waals surface area contributed by atoms with Crippen LogP contribution in [-0.2, 0) is 0 Å². The van der Waals surface area contributed by atoms with Crippen LogP contribution in [0.2, 0.25) is 0 Å². The Morgan fingerprint density at radius 1 is 0.488 bits per heavy atom. The van der Waals surface area contributed by atoms with Gasteiger partial charge in [-0.05, 0) is 46.2 Å². The van der Waals surface area contributed by atoms with E-state index in [-0.39, 0.29) is 22.8 Å². The summed E-state index contributed by atoms with van der Waals surface area (Å²) in [5.74, 6) is -0.752. The molecule has 0 bridgehead atoms. The minimum Gasteiger partial charge on any atom is -0.508 e. The molecular formula is C30H25B5N2O4. The van der Waals surface area contributed by atoms with E-state index in [1.54, 1.807) is 23.5 Å². The average molecular weight is 532 g/mol. The van der Waals surface area contributed by atoms with Gasteiger partial charge in [0.15, 0.2) is 11.5 Å². The smallest absolute Gasteiger partial charge is 0.168 e. The van der Waals surface area contributed by atoms with Gasteiger partial charge in [0.1, 0.15) is 50.7 Å². The van der Waals surface area contributed by atoms with Gasteiger partial charge in [0.25, 0.3) is 0 Å². The first-order chi connectivity index (χ1) is 19.6. The number of aromatic amines is 1. The monoisotopic (exact) mass is 532 g/mol. The number of hydrogen-bond donors (Lipinski definition) is 5. The van der Waals surface area contributed by atoms with Gasteiger partial charge in [-0.15, -0.1) is 0 Å². The Kier molecular flexibility index (Phi) is 5.29. The molecule has 5 aromatic carbocycles.